The maximum absolute atomic E-state index is 13.6. The van der Waals surface area contributed by atoms with E-state index in [9.17, 15) is 20.0 Å². The van der Waals surface area contributed by atoms with E-state index in [2.05, 4.69) is 34.6 Å². The van der Waals surface area contributed by atoms with Crippen molar-refractivity contribution in [3.63, 3.8) is 0 Å². The zero-order chi connectivity index (χ0) is 28.2. The zero-order valence-corrected chi connectivity index (χ0v) is 23.0. The van der Waals surface area contributed by atoms with Gasteiger partial charge in [0.1, 0.15) is 12.1 Å². The first kappa shape index (κ1) is 27.2. The molecule has 3 N–H and O–H groups in total. The number of nitriles is 1. The number of carboxylic acids is 1. The molecule has 8 heteroatoms. The van der Waals surface area contributed by atoms with Crippen LogP contribution in [0.2, 0.25) is 0 Å². The van der Waals surface area contributed by atoms with Crippen LogP contribution in [0.1, 0.15) is 45.5 Å². The van der Waals surface area contributed by atoms with E-state index in [1.165, 1.54) is 0 Å². The minimum absolute atomic E-state index is 0.0508. The molecule has 8 nitrogen and oxygen atoms in total. The first-order valence-electron chi connectivity index (χ1n) is 13.8. The summed E-state index contributed by atoms with van der Waals surface area (Å²) in [6.07, 6.45) is 1.86. The second kappa shape index (κ2) is 11.8. The van der Waals surface area contributed by atoms with Crippen LogP contribution < -0.4 is 20.4 Å². The Morgan fingerprint density at radius 1 is 1.00 bits per heavy atom. The predicted molar refractivity (Wildman–Crippen MR) is 157 cm³/mol. The number of carbonyl (C=O) groups is 2. The minimum Gasteiger partial charge on any atom is -0.480 e. The van der Waals surface area contributed by atoms with Crippen molar-refractivity contribution >= 4 is 28.8 Å². The summed E-state index contributed by atoms with van der Waals surface area (Å²) in [5.41, 5.74) is 6.72. The largest absolute Gasteiger partial charge is 0.480 e. The molecule has 0 bridgehead atoms. The number of hydrogen-bond acceptors (Lipinski definition) is 7. The maximum atomic E-state index is 13.6. The number of aryl methyl sites for hydroxylation is 2. The van der Waals surface area contributed by atoms with E-state index >= 15 is 0 Å². The van der Waals surface area contributed by atoms with Gasteiger partial charge in [-0.1, -0.05) is 18.2 Å². The molecule has 2 aliphatic rings. The maximum Gasteiger partial charge on any atom is 0.327 e. The Balaban J connectivity index is 1.28. The van der Waals surface area contributed by atoms with Gasteiger partial charge in [-0.2, -0.15) is 5.26 Å². The van der Waals surface area contributed by atoms with Crippen LogP contribution in [0.15, 0.2) is 60.7 Å². The molecule has 0 radical (unpaired) electrons. The first-order chi connectivity index (χ1) is 19.4. The predicted octanol–water partition coefficient (Wildman–Crippen LogP) is 4.35. The summed E-state index contributed by atoms with van der Waals surface area (Å²) in [6, 6.07) is 21.0. The molecule has 0 aliphatic carbocycles. The lowest BCUT2D eigenvalue weighted by Crippen LogP contribution is -2.55. The van der Waals surface area contributed by atoms with E-state index in [-0.39, 0.29) is 11.8 Å². The van der Waals surface area contributed by atoms with Gasteiger partial charge in [-0.3, -0.25) is 4.79 Å². The number of aliphatic carboxylic acids is 1. The lowest BCUT2D eigenvalue weighted by atomic mass is 9.95. The number of nitrogens with zero attached hydrogens (tertiary/aromatic N) is 3. The summed E-state index contributed by atoms with van der Waals surface area (Å²) in [5.74, 6) is -0.912. The molecule has 2 saturated heterocycles. The molecule has 0 amide bonds. The molecule has 1 atom stereocenters. The summed E-state index contributed by atoms with van der Waals surface area (Å²) in [6.45, 7) is 7.44. The number of carbonyl (C=O) groups excluding carboxylic acids is 1. The fraction of sp³-hybridized carbons (Fsp3) is 0.344. The van der Waals surface area contributed by atoms with Crippen LogP contribution >= 0.6 is 0 Å². The van der Waals surface area contributed by atoms with Gasteiger partial charge in [-0.15, -0.1) is 0 Å². The average molecular weight is 538 g/mol. The van der Waals surface area contributed by atoms with Crippen molar-refractivity contribution in [2.45, 2.75) is 38.8 Å². The Morgan fingerprint density at radius 2 is 1.73 bits per heavy atom. The van der Waals surface area contributed by atoms with E-state index in [0.717, 1.165) is 60.7 Å². The second-order valence-corrected chi connectivity index (χ2v) is 10.6. The Kier molecular flexibility index (Phi) is 8.04. The highest BCUT2D eigenvalue weighted by atomic mass is 16.4. The summed E-state index contributed by atoms with van der Waals surface area (Å²) in [7, 11) is 0. The topological polar surface area (TPSA) is 109 Å². The number of piperidine rings is 1. The van der Waals surface area contributed by atoms with Gasteiger partial charge in [0.15, 0.2) is 5.78 Å². The van der Waals surface area contributed by atoms with Crippen molar-refractivity contribution in [3.05, 3.63) is 88.5 Å². The van der Waals surface area contributed by atoms with E-state index < -0.39 is 12.0 Å². The molecule has 2 heterocycles. The van der Waals surface area contributed by atoms with Gasteiger partial charge in [-0.25, -0.2) is 4.79 Å². The van der Waals surface area contributed by atoms with Crippen LogP contribution in [-0.4, -0.2) is 61.7 Å². The molecule has 2 aliphatic heterocycles. The smallest absolute Gasteiger partial charge is 0.327 e. The van der Waals surface area contributed by atoms with E-state index in [1.807, 2.05) is 54.3 Å². The van der Waals surface area contributed by atoms with Crippen molar-refractivity contribution in [2.75, 3.05) is 47.8 Å². The molecular formula is C32H35N5O3. The number of ketones is 1. The van der Waals surface area contributed by atoms with Crippen molar-refractivity contribution in [2.24, 2.45) is 0 Å². The number of para-hydroxylation sites is 1. The molecular weight excluding hydrogens is 502 g/mol. The number of hydrogen-bond donors (Lipinski definition) is 3. The summed E-state index contributed by atoms with van der Waals surface area (Å²) in [4.78, 5) is 29.4. The molecule has 40 heavy (non-hydrogen) atoms. The van der Waals surface area contributed by atoms with Crippen LogP contribution in [0, 0.1) is 25.2 Å². The lowest BCUT2D eigenvalue weighted by Gasteiger charge is -2.35. The number of nitrogens with one attached hydrogen (secondary N) is 2. The van der Waals surface area contributed by atoms with Crippen LogP contribution in [-0.2, 0) is 4.79 Å². The second-order valence-electron chi connectivity index (χ2n) is 10.6. The molecule has 3 aromatic carbocycles. The number of benzene rings is 3. The first-order valence-corrected chi connectivity index (χ1v) is 13.8. The monoisotopic (exact) mass is 537 g/mol. The summed E-state index contributed by atoms with van der Waals surface area (Å²) in [5, 5.41) is 25.9. The molecule has 0 aromatic heterocycles. The Labute approximate surface area is 235 Å². The number of piperazine rings is 1. The van der Waals surface area contributed by atoms with Crippen LogP contribution in [0.25, 0.3) is 0 Å². The minimum atomic E-state index is -0.861. The van der Waals surface area contributed by atoms with Gasteiger partial charge >= 0.3 is 5.97 Å². The highest BCUT2D eigenvalue weighted by Crippen LogP contribution is 2.29. The summed E-state index contributed by atoms with van der Waals surface area (Å²) >= 11 is 0. The Bertz CT molecular complexity index is 1440. The molecule has 5 rings (SSSR count). The molecule has 0 saturated carbocycles. The van der Waals surface area contributed by atoms with Crippen LogP contribution in [0.5, 0.6) is 0 Å². The quantitative estimate of drug-likeness (QED) is 0.382. The fourth-order valence-electron chi connectivity index (χ4n) is 5.77. The van der Waals surface area contributed by atoms with Crippen molar-refractivity contribution in [1.29, 1.82) is 5.26 Å². The SMILES string of the molecule is Cc1cc(C)c(C(=O)c2ccc(N3CCNCC3C(=O)O)cc2)cc1NC1CCN(c2ccccc2C#N)CC1. The zero-order valence-electron chi connectivity index (χ0n) is 23.0. The van der Waals surface area contributed by atoms with Crippen molar-refractivity contribution in [3.8, 4) is 6.07 Å². The summed E-state index contributed by atoms with van der Waals surface area (Å²) < 4.78 is 0. The van der Waals surface area contributed by atoms with Gasteiger partial charge in [0, 0.05) is 61.3 Å². The van der Waals surface area contributed by atoms with Gasteiger partial charge in [-0.05, 0) is 80.3 Å². The third-order valence-corrected chi connectivity index (χ3v) is 8.03. The van der Waals surface area contributed by atoms with Gasteiger partial charge < -0.3 is 25.5 Å². The highest BCUT2D eigenvalue weighted by molar-refractivity contribution is 6.10. The molecule has 0 spiro atoms. The average Bonchev–Trinajstić information content (AvgIpc) is 2.98. The van der Waals surface area contributed by atoms with E-state index in [4.69, 9.17) is 0 Å². The van der Waals surface area contributed by atoms with Crippen LogP contribution in [0.3, 0.4) is 0 Å². The Morgan fingerprint density at radius 3 is 2.42 bits per heavy atom. The Hall–Kier alpha value is -4.35. The van der Waals surface area contributed by atoms with Gasteiger partial charge in [0.2, 0.25) is 0 Å². The van der Waals surface area contributed by atoms with Crippen molar-refractivity contribution in [1.82, 2.24) is 5.32 Å². The fourth-order valence-corrected chi connectivity index (χ4v) is 5.77. The number of anilines is 3. The molecule has 3 aromatic rings. The third-order valence-electron chi connectivity index (χ3n) is 8.03. The van der Waals surface area contributed by atoms with E-state index in [1.54, 1.807) is 12.1 Å². The third kappa shape index (κ3) is 5.65. The van der Waals surface area contributed by atoms with Crippen LogP contribution in [0.4, 0.5) is 17.1 Å². The van der Waals surface area contributed by atoms with Gasteiger partial charge in [0.05, 0.1) is 11.3 Å². The lowest BCUT2D eigenvalue weighted by molar-refractivity contribution is -0.138. The normalized spacial score (nSPS) is 17.8. The highest BCUT2D eigenvalue weighted by Gasteiger charge is 2.29. The van der Waals surface area contributed by atoms with Crippen molar-refractivity contribution < 1.29 is 14.7 Å². The number of rotatable bonds is 7. The number of carboxylic acid groups (broad SMARTS) is 1. The molecule has 206 valence electrons. The van der Waals surface area contributed by atoms with E-state index in [0.29, 0.717) is 29.8 Å². The molecule has 1 unspecified atom stereocenters. The molecule has 2 fully saturated rings. The van der Waals surface area contributed by atoms with Gasteiger partial charge in [0.25, 0.3) is 0 Å². The standard InChI is InChI=1S/C32H35N5O3/c1-21-17-22(2)28(35-25-11-14-36(15-12-25)29-6-4-3-5-24(29)19-33)18-27(21)31(38)23-7-9-26(10-8-23)37-16-13-34-20-30(37)32(39)40/h3-10,17-18,25,30,34-35H,11-16,20H2,1-2H3,(H,39,40).